The third kappa shape index (κ3) is 6.36. The second-order valence-electron chi connectivity index (χ2n) is 6.71. The molecule has 0 bridgehead atoms. The Kier molecular flexibility index (Phi) is 7.69. The van der Waals surface area contributed by atoms with E-state index in [2.05, 4.69) is 20.5 Å². The SMILES string of the molecule is CN(CCO)c1ccc(N=Nc2ccc(N=Nc3ccc(C(=O)CO)cc3)cc2)cc1. The fourth-order valence-electron chi connectivity index (χ4n) is 2.68. The van der Waals surface area contributed by atoms with Gasteiger partial charge in [-0.15, -0.1) is 0 Å². The Hall–Kier alpha value is -3.75. The maximum absolute atomic E-state index is 11.4. The third-order valence-corrected chi connectivity index (χ3v) is 4.47. The first-order chi connectivity index (χ1) is 15.1. The summed E-state index contributed by atoms with van der Waals surface area (Å²) in [7, 11) is 1.92. The van der Waals surface area contributed by atoms with E-state index in [1.807, 2.05) is 36.2 Å². The summed E-state index contributed by atoms with van der Waals surface area (Å²) in [6.45, 7) is 0.155. The topological polar surface area (TPSA) is 110 Å². The quantitative estimate of drug-likeness (QED) is 0.372. The normalized spacial score (nSPS) is 11.3. The average molecular weight is 417 g/mol. The lowest BCUT2D eigenvalue weighted by atomic mass is 10.1. The van der Waals surface area contributed by atoms with Crippen LogP contribution >= 0.6 is 0 Å². The Bertz CT molecular complexity index is 1050. The molecule has 8 nitrogen and oxygen atoms in total. The van der Waals surface area contributed by atoms with Crippen molar-refractivity contribution in [1.82, 2.24) is 0 Å². The maximum Gasteiger partial charge on any atom is 0.188 e. The smallest absolute Gasteiger partial charge is 0.188 e. The molecule has 0 unspecified atom stereocenters. The summed E-state index contributed by atoms with van der Waals surface area (Å²) in [5.41, 5.74) is 4.11. The molecule has 31 heavy (non-hydrogen) atoms. The number of anilines is 1. The predicted molar refractivity (Wildman–Crippen MR) is 119 cm³/mol. The van der Waals surface area contributed by atoms with Gasteiger partial charge in [-0.1, -0.05) is 0 Å². The second-order valence-corrected chi connectivity index (χ2v) is 6.71. The molecular weight excluding hydrogens is 394 g/mol. The number of aliphatic hydroxyl groups excluding tert-OH is 2. The van der Waals surface area contributed by atoms with Gasteiger partial charge in [-0.3, -0.25) is 4.79 Å². The van der Waals surface area contributed by atoms with Gasteiger partial charge in [0.15, 0.2) is 5.78 Å². The molecule has 0 radical (unpaired) electrons. The molecular formula is C23H23N5O3. The van der Waals surface area contributed by atoms with E-state index in [0.717, 1.165) is 11.4 Å². The number of hydrogen-bond donors (Lipinski definition) is 2. The van der Waals surface area contributed by atoms with Crippen LogP contribution < -0.4 is 4.90 Å². The van der Waals surface area contributed by atoms with Crippen LogP contribution in [0.4, 0.5) is 28.4 Å². The van der Waals surface area contributed by atoms with Gasteiger partial charge in [-0.2, -0.15) is 20.5 Å². The molecule has 0 saturated carbocycles. The van der Waals surface area contributed by atoms with E-state index in [4.69, 9.17) is 10.2 Å². The zero-order valence-corrected chi connectivity index (χ0v) is 17.1. The van der Waals surface area contributed by atoms with E-state index in [1.165, 1.54) is 0 Å². The average Bonchev–Trinajstić information content (AvgIpc) is 2.82. The first-order valence-electron chi connectivity index (χ1n) is 9.69. The Morgan fingerprint density at radius 1 is 0.710 bits per heavy atom. The number of azo groups is 2. The van der Waals surface area contributed by atoms with Crippen molar-refractivity contribution in [3.63, 3.8) is 0 Å². The number of carbonyl (C=O) groups is 1. The van der Waals surface area contributed by atoms with Gasteiger partial charge in [0.05, 0.1) is 29.4 Å². The number of benzene rings is 3. The number of carbonyl (C=O) groups excluding carboxylic acids is 1. The molecule has 0 aliphatic heterocycles. The molecule has 0 aliphatic carbocycles. The Balaban J connectivity index is 1.59. The molecule has 0 aromatic heterocycles. The van der Waals surface area contributed by atoms with E-state index in [-0.39, 0.29) is 12.4 Å². The largest absolute Gasteiger partial charge is 0.395 e. The lowest BCUT2D eigenvalue weighted by Gasteiger charge is -2.17. The minimum atomic E-state index is -0.516. The zero-order chi connectivity index (χ0) is 22.1. The highest BCUT2D eigenvalue weighted by Gasteiger charge is 2.03. The summed E-state index contributed by atoms with van der Waals surface area (Å²) in [6, 6.07) is 21.3. The van der Waals surface area contributed by atoms with Gasteiger partial charge in [0.2, 0.25) is 0 Å². The van der Waals surface area contributed by atoms with E-state index >= 15 is 0 Å². The first kappa shape index (κ1) is 21.9. The molecule has 0 heterocycles. The van der Waals surface area contributed by atoms with Gasteiger partial charge in [-0.25, -0.2) is 0 Å². The van der Waals surface area contributed by atoms with Crippen molar-refractivity contribution in [3.05, 3.63) is 78.4 Å². The monoisotopic (exact) mass is 417 g/mol. The summed E-state index contributed by atoms with van der Waals surface area (Å²) in [5.74, 6) is -0.335. The fraction of sp³-hybridized carbons (Fsp3) is 0.174. The molecule has 0 aliphatic rings. The summed E-state index contributed by atoms with van der Waals surface area (Å²) in [4.78, 5) is 13.4. The van der Waals surface area contributed by atoms with Crippen LogP contribution in [0.2, 0.25) is 0 Å². The Morgan fingerprint density at radius 3 is 1.48 bits per heavy atom. The van der Waals surface area contributed by atoms with Crippen LogP contribution in [0, 0.1) is 0 Å². The maximum atomic E-state index is 11.4. The predicted octanol–water partition coefficient (Wildman–Crippen LogP) is 5.12. The van der Waals surface area contributed by atoms with E-state index in [1.54, 1.807) is 48.5 Å². The van der Waals surface area contributed by atoms with Crippen molar-refractivity contribution < 1.29 is 15.0 Å². The van der Waals surface area contributed by atoms with Gasteiger partial charge in [-0.05, 0) is 72.8 Å². The highest BCUT2D eigenvalue weighted by Crippen LogP contribution is 2.24. The molecule has 0 amide bonds. The number of hydrogen-bond acceptors (Lipinski definition) is 8. The fourth-order valence-corrected chi connectivity index (χ4v) is 2.68. The van der Waals surface area contributed by atoms with E-state index in [9.17, 15) is 4.79 Å². The summed E-state index contributed by atoms with van der Waals surface area (Å²) in [5, 5.41) is 34.6. The van der Waals surface area contributed by atoms with Gasteiger partial charge in [0.25, 0.3) is 0 Å². The molecule has 3 rings (SSSR count). The summed E-state index contributed by atoms with van der Waals surface area (Å²) < 4.78 is 0. The van der Waals surface area contributed by atoms with Crippen molar-refractivity contribution >= 4 is 34.2 Å². The Morgan fingerprint density at radius 2 is 1.10 bits per heavy atom. The van der Waals surface area contributed by atoms with Crippen LogP contribution in [0.3, 0.4) is 0 Å². The van der Waals surface area contributed by atoms with Gasteiger partial charge in [0.1, 0.15) is 6.61 Å². The van der Waals surface area contributed by atoms with Crippen LogP contribution in [-0.2, 0) is 0 Å². The lowest BCUT2D eigenvalue weighted by molar-refractivity contribution is 0.0904. The highest BCUT2D eigenvalue weighted by molar-refractivity contribution is 5.97. The summed E-state index contributed by atoms with van der Waals surface area (Å²) >= 11 is 0. The molecule has 0 spiro atoms. The molecule has 0 fully saturated rings. The van der Waals surface area contributed by atoms with Gasteiger partial charge < -0.3 is 15.1 Å². The molecule has 3 aromatic rings. The molecule has 3 aromatic carbocycles. The van der Waals surface area contributed by atoms with Crippen LogP contribution in [0.15, 0.2) is 93.3 Å². The number of ketones is 1. The van der Waals surface area contributed by atoms with Crippen molar-refractivity contribution in [3.8, 4) is 0 Å². The van der Waals surface area contributed by atoms with Crippen LogP contribution in [-0.4, -0.2) is 42.8 Å². The van der Waals surface area contributed by atoms with Crippen molar-refractivity contribution in [2.24, 2.45) is 20.5 Å². The van der Waals surface area contributed by atoms with Crippen molar-refractivity contribution in [2.75, 3.05) is 31.7 Å². The van der Waals surface area contributed by atoms with Crippen molar-refractivity contribution in [2.45, 2.75) is 0 Å². The Labute approximate surface area is 180 Å². The van der Waals surface area contributed by atoms with Crippen LogP contribution in [0.25, 0.3) is 0 Å². The molecule has 158 valence electrons. The third-order valence-electron chi connectivity index (χ3n) is 4.47. The van der Waals surface area contributed by atoms with E-state index in [0.29, 0.717) is 29.2 Å². The first-order valence-corrected chi connectivity index (χ1v) is 9.69. The number of Topliss-reactive ketones (excluding diaryl/α,β-unsaturated/α-hetero) is 1. The molecule has 0 atom stereocenters. The van der Waals surface area contributed by atoms with Crippen LogP contribution in [0.5, 0.6) is 0 Å². The minimum Gasteiger partial charge on any atom is -0.395 e. The number of likely N-dealkylation sites (N-methyl/N-ethyl adjacent to an activating group) is 1. The van der Waals surface area contributed by atoms with Crippen LogP contribution in [0.1, 0.15) is 10.4 Å². The van der Waals surface area contributed by atoms with Gasteiger partial charge >= 0.3 is 0 Å². The number of rotatable bonds is 9. The van der Waals surface area contributed by atoms with Gasteiger partial charge in [0, 0.05) is 24.8 Å². The number of nitrogens with zero attached hydrogens (tertiary/aromatic N) is 5. The second kappa shape index (κ2) is 10.9. The highest BCUT2D eigenvalue weighted by atomic mass is 16.3. The lowest BCUT2D eigenvalue weighted by Crippen LogP contribution is -2.20. The minimum absolute atomic E-state index is 0.103. The summed E-state index contributed by atoms with van der Waals surface area (Å²) in [6.07, 6.45) is 0. The molecule has 0 saturated heterocycles. The van der Waals surface area contributed by atoms with E-state index < -0.39 is 6.61 Å². The van der Waals surface area contributed by atoms with Crippen molar-refractivity contribution in [1.29, 1.82) is 0 Å². The molecule has 2 N–H and O–H groups in total. The molecule has 8 heteroatoms. The zero-order valence-electron chi connectivity index (χ0n) is 17.1. The number of aliphatic hydroxyl groups is 2. The standard InChI is InChI=1S/C23H23N5O3/c1-28(14-15-29)22-12-10-21(11-13-22)27-26-20-8-6-19(7-9-20)25-24-18-4-2-17(3-5-18)23(31)16-30/h2-13,29-30H,14-16H2,1H3.